The van der Waals surface area contributed by atoms with Crippen LogP contribution in [0.2, 0.25) is 0 Å². The maximum absolute atomic E-state index is 5.61. The molecule has 1 heterocycles. The van der Waals surface area contributed by atoms with Crippen LogP contribution in [0.4, 0.5) is 0 Å². The molecule has 5 nitrogen and oxygen atoms in total. The Kier molecular flexibility index (Phi) is 5.52. The van der Waals surface area contributed by atoms with E-state index < -0.39 is 0 Å². The van der Waals surface area contributed by atoms with Crippen molar-refractivity contribution in [2.75, 3.05) is 26.8 Å². The summed E-state index contributed by atoms with van der Waals surface area (Å²) in [4.78, 5) is 0. The van der Waals surface area contributed by atoms with Gasteiger partial charge in [0.1, 0.15) is 0 Å². The summed E-state index contributed by atoms with van der Waals surface area (Å²) in [7, 11) is 1.71. The monoisotopic (exact) mass is 261 g/mol. The molecule has 0 unspecified atom stereocenters. The topological polar surface area (TPSA) is 60.2 Å². The molecule has 0 spiro atoms. The minimum absolute atomic E-state index is 0.579. The summed E-state index contributed by atoms with van der Waals surface area (Å²) in [6, 6.07) is 9.79. The molecule has 0 aliphatic carbocycles. The van der Waals surface area contributed by atoms with Crippen LogP contribution in [0.5, 0.6) is 0 Å². The molecule has 0 amide bonds. The number of nitrogens with one attached hydrogen (secondary N) is 1. The van der Waals surface area contributed by atoms with Crippen LogP contribution in [-0.2, 0) is 11.2 Å². The first-order valence-corrected chi connectivity index (χ1v) is 6.47. The molecule has 2 aromatic rings. The van der Waals surface area contributed by atoms with Gasteiger partial charge >= 0.3 is 0 Å². The number of rotatable bonds is 8. The SMILES string of the molecule is COCCCNCCc1nnc(-c2ccccc2)o1. The number of ether oxygens (including phenoxy) is 1. The zero-order valence-electron chi connectivity index (χ0n) is 11.1. The third-order valence-corrected chi connectivity index (χ3v) is 2.71. The van der Waals surface area contributed by atoms with Crippen LogP contribution in [0.25, 0.3) is 11.5 Å². The maximum atomic E-state index is 5.61. The number of hydrogen-bond acceptors (Lipinski definition) is 5. The lowest BCUT2D eigenvalue weighted by atomic mass is 10.2. The van der Waals surface area contributed by atoms with Crippen molar-refractivity contribution < 1.29 is 9.15 Å². The van der Waals surface area contributed by atoms with E-state index in [0.717, 1.165) is 38.1 Å². The average Bonchev–Trinajstić information content (AvgIpc) is 2.92. The Balaban J connectivity index is 1.75. The van der Waals surface area contributed by atoms with Gasteiger partial charge in [0.05, 0.1) is 0 Å². The third-order valence-electron chi connectivity index (χ3n) is 2.71. The van der Waals surface area contributed by atoms with E-state index in [2.05, 4.69) is 15.5 Å². The van der Waals surface area contributed by atoms with Crippen LogP contribution in [-0.4, -0.2) is 37.0 Å². The summed E-state index contributed by atoms with van der Waals surface area (Å²) in [5, 5.41) is 11.4. The van der Waals surface area contributed by atoms with E-state index in [1.54, 1.807) is 7.11 Å². The van der Waals surface area contributed by atoms with Gasteiger partial charge in [0.15, 0.2) is 0 Å². The Morgan fingerprint density at radius 3 is 2.79 bits per heavy atom. The largest absolute Gasteiger partial charge is 0.421 e. The Hall–Kier alpha value is -1.72. The summed E-state index contributed by atoms with van der Waals surface area (Å²) in [6.45, 7) is 2.55. The Labute approximate surface area is 113 Å². The van der Waals surface area contributed by atoms with Gasteiger partial charge in [0.2, 0.25) is 11.8 Å². The molecule has 0 saturated carbocycles. The van der Waals surface area contributed by atoms with Gasteiger partial charge in [-0.3, -0.25) is 0 Å². The van der Waals surface area contributed by atoms with Gasteiger partial charge in [0.25, 0.3) is 0 Å². The summed E-state index contributed by atoms with van der Waals surface area (Å²) in [5.74, 6) is 1.24. The van der Waals surface area contributed by atoms with Crippen LogP contribution >= 0.6 is 0 Å². The second-order valence-electron chi connectivity index (χ2n) is 4.21. The second-order valence-corrected chi connectivity index (χ2v) is 4.21. The minimum Gasteiger partial charge on any atom is -0.421 e. The molecule has 1 aromatic heterocycles. The van der Waals surface area contributed by atoms with E-state index in [0.29, 0.717) is 11.8 Å². The molecule has 0 saturated heterocycles. The Morgan fingerprint density at radius 2 is 2.00 bits per heavy atom. The lowest BCUT2D eigenvalue weighted by Crippen LogP contribution is -2.19. The van der Waals surface area contributed by atoms with Gasteiger partial charge in [-0.1, -0.05) is 18.2 Å². The fraction of sp³-hybridized carbons (Fsp3) is 0.429. The van der Waals surface area contributed by atoms with Crippen LogP contribution < -0.4 is 5.32 Å². The number of benzene rings is 1. The normalized spacial score (nSPS) is 10.8. The van der Waals surface area contributed by atoms with E-state index in [-0.39, 0.29) is 0 Å². The van der Waals surface area contributed by atoms with Crippen LogP contribution in [0.15, 0.2) is 34.7 Å². The smallest absolute Gasteiger partial charge is 0.247 e. The lowest BCUT2D eigenvalue weighted by molar-refractivity contribution is 0.194. The van der Waals surface area contributed by atoms with E-state index in [1.165, 1.54) is 0 Å². The molecule has 0 atom stereocenters. The first-order valence-electron chi connectivity index (χ1n) is 6.47. The number of hydrogen-bond donors (Lipinski definition) is 1. The lowest BCUT2D eigenvalue weighted by Gasteiger charge is -2.01. The van der Waals surface area contributed by atoms with E-state index in [4.69, 9.17) is 9.15 Å². The van der Waals surface area contributed by atoms with Gasteiger partial charge in [-0.2, -0.15) is 0 Å². The summed E-state index contributed by atoms with van der Waals surface area (Å²) >= 11 is 0. The zero-order valence-corrected chi connectivity index (χ0v) is 11.1. The second kappa shape index (κ2) is 7.66. The van der Waals surface area contributed by atoms with Crippen molar-refractivity contribution in [3.8, 4) is 11.5 Å². The highest BCUT2D eigenvalue weighted by atomic mass is 16.5. The van der Waals surface area contributed by atoms with Gasteiger partial charge in [-0.15, -0.1) is 10.2 Å². The predicted molar refractivity (Wildman–Crippen MR) is 72.8 cm³/mol. The molecular weight excluding hydrogens is 242 g/mol. The molecule has 0 fully saturated rings. The maximum Gasteiger partial charge on any atom is 0.247 e. The third kappa shape index (κ3) is 4.46. The molecule has 0 radical (unpaired) electrons. The number of nitrogens with zero attached hydrogens (tertiary/aromatic N) is 2. The van der Waals surface area contributed by atoms with Gasteiger partial charge in [0, 0.05) is 32.2 Å². The van der Waals surface area contributed by atoms with E-state index in [9.17, 15) is 0 Å². The summed E-state index contributed by atoms with van der Waals surface area (Å²) in [6.07, 6.45) is 1.75. The predicted octanol–water partition coefficient (Wildman–Crippen LogP) is 1.91. The molecule has 0 aliphatic heterocycles. The Morgan fingerprint density at radius 1 is 1.16 bits per heavy atom. The van der Waals surface area contributed by atoms with Crippen molar-refractivity contribution in [3.63, 3.8) is 0 Å². The minimum atomic E-state index is 0.579. The van der Waals surface area contributed by atoms with E-state index in [1.807, 2.05) is 30.3 Å². The molecular formula is C14H19N3O2. The fourth-order valence-corrected chi connectivity index (χ4v) is 1.71. The molecule has 2 rings (SSSR count). The summed E-state index contributed by atoms with van der Waals surface area (Å²) < 4.78 is 10.6. The fourth-order valence-electron chi connectivity index (χ4n) is 1.71. The first-order chi connectivity index (χ1) is 9.40. The van der Waals surface area contributed by atoms with Crippen LogP contribution in [0, 0.1) is 0 Å². The Bertz CT molecular complexity index is 471. The highest BCUT2D eigenvalue weighted by molar-refractivity contribution is 5.51. The molecule has 19 heavy (non-hydrogen) atoms. The molecule has 0 aliphatic rings. The van der Waals surface area contributed by atoms with Crippen molar-refractivity contribution in [2.45, 2.75) is 12.8 Å². The standard InChI is InChI=1S/C14H19N3O2/c1-18-11-5-9-15-10-8-13-16-17-14(19-13)12-6-3-2-4-7-12/h2-4,6-7,15H,5,8-11H2,1H3. The van der Waals surface area contributed by atoms with Crippen LogP contribution in [0.1, 0.15) is 12.3 Å². The molecule has 102 valence electrons. The quantitative estimate of drug-likeness (QED) is 0.735. The van der Waals surface area contributed by atoms with Gasteiger partial charge < -0.3 is 14.5 Å². The van der Waals surface area contributed by atoms with Crippen molar-refractivity contribution in [1.29, 1.82) is 0 Å². The summed E-state index contributed by atoms with van der Waals surface area (Å²) in [5.41, 5.74) is 0.953. The molecule has 5 heteroatoms. The average molecular weight is 261 g/mol. The van der Waals surface area contributed by atoms with Gasteiger partial charge in [-0.25, -0.2) is 0 Å². The molecule has 0 bridgehead atoms. The van der Waals surface area contributed by atoms with Crippen LogP contribution in [0.3, 0.4) is 0 Å². The van der Waals surface area contributed by atoms with E-state index >= 15 is 0 Å². The molecule has 1 aromatic carbocycles. The number of methoxy groups -OCH3 is 1. The van der Waals surface area contributed by atoms with Crippen molar-refractivity contribution in [3.05, 3.63) is 36.2 Å². The van der Waals surface area contributed by atoms with Crippen molar-refractivity contribution in [2.24, 2.45) is 0 Å². The van der Waals surface area contributed by atoms with Gasteiger partial charge in [-0.05, 0) is 25.1 Å². The first kappa shape index (κ1) is 13.7. The van der Waals surface area contributed by atoms with Crippen molar-refractivity contribution in [1.82, 2.24) is 15.5 Å². The zero-order chi connectivity index (χ0) is 13.3. The molecule has 1 N–H and O–H groups in total. The highest BCUT2D eigenvalue weighted by Gasteiger charge is 2.07. The highest BCUT2D eigenvalue weighted by Crippen LogP contribution is 2.16. The number of aromatic nitrogens is 2. The van der Waals surface area contributed by atoms with Crippen molar-refractivity contribution >= 4 is 0 Å².